The van der Waals surface area contributed by atoms with Crippen molar-refractivity contribution in [3.8, 4) is 0 Å². The maximum absolute atomic E-state index is 12.2. The molecule has 5 nitrogen and oxygen atoms in total. The van der Waals surface area contributed by atoms with E-state index in [0.29, 0.717) is 12.5 Å². The Balaban J connectivity index is 1.54. The van der Waals surface area contributed by atoms with Crippen LogP contribution in [0.1, 0.15) is 44.2 Å². The SMILES string of the molecule is CCOC(=O)CCC(=O)N1CCC(c2cc3cc(Cl)ccc3[nH]2)CC1. The number of aromatic nitrogens is 1. The van der Waals surface area contributed by atoms with Crippen LogP contribution in [0.5, 0.6) is 0 Å². The topological polar surface area (TPSA) is 62.4 Å². The minimum atomic E-state index is -0.303. The smallest absolute Gasteiger partial charge is 0.306 e. The lowest BCUT2D eigenvalue weighted by Gasteiger charge is -2.31. The summed E-state index contributed by atoms with van der Waals surface area (Å²) in [5.74, 6) is 0.151. The zero-order valence-electron chi connectivity index (χ0n) is 14.4. The lowest BCUT2D eigenvalue weighted by Crippen LogP contribution is -2.38. The number of halogens is 1. The molecule has 1 aromatic carbocycles. The summed E-state index contributed by atoms with van der Waals surface area (Å²) >= 11 is 6.05. The fraction of sp³-hybridized carbons (Fsp3) is 0.474. The van der Waals surface area contributed by atoms with Crippen LogP contribution in [0.2, 0.25) is 5.02 Å². The van der Waals surface area contributed by atoms with Crippen molar-refractivity contribution < 1.29 is 14.3 Å². The van der Waals surface area contributed by atoms with Crippen molar-refractivity contribution >= 4 is 34.4 Å². The van der Waals surface area contributed by atoms with E-state index in [9.17, 15) is 9.59 Å². The van der Waals surface area contributed by atoms with Gasteiger partial charge in [-0.3, -0.25) is 9.59 Å². The van der Waals surface area contributed by atoms with E-state index in [4.69, 9.17) is 16.3 Å². The van der Waals surface area contributed by atoms with E-state index in [1.807, 2.05) is 23.1 Å². The third kappa shape index (κ3) is 4.34. The summed E-state index contributed by atoms with van der Waals surface area (Å²) in [6.45, 7) is 3.57. The number of likely N-dealkylation sites (tertiary alicyclic amines) is 1. The molecule has 0 aliphatic carbocycles. The Morgan fingerprint density at radius 2 is 2.00 bits per heavy atom. The van der Waals surface area contributed by atoms with Gasteiger partial charge in [0, 0.05) is 47.0 Å². The van der Waals surface area contributed by atoms with Gasteiger partial charge in [-0.2, -0.15) is 0 Å². The van der Waals surface area contributed by atoms with Gasteiger partial charge in [-0.15, -0.1) is 0 Å². The summed E-state index contributed by atoms with van der Waals surface area (Å²) in [5.41, 5.74) is 2.29. The van der Waals surface area contributed by atoms with Crippen molar-refractivity contribution in [3.05, 3.63) is 35.0 Å². The van der Waals surface area contributed by atoms with Gasteiger partial charge in [0.1, 0.15) is 0 Å². The third-order valence-electron chi connectivity index (χ3n) is 4.74. The molecule has 0 spiro atoms. The number of carbonyl (C=O) groups excluding carboxylic acids is 2. The van der Waals surface area contributed by atoms with Crippen LogP contribution in [0, 0.1) is 0 Å². The van der Waals surface area contributed by atoms with Crippen LogP contribution < -0.4 is 0 Å². The molecular formula is C19H23ClN2O3. The molecule has 134 valence electrons. The number of benzene rings is 1. The second kappa shape index (κ2) is 7.91. The molecule has 0 unspecified atom stereocenters. The first kappa shape index (κ1) is 17.8. The molecule has 6 heteroatoms. The number of ether oxygens (including phenoxy) is 1. The first-order chi connectivity index (χ1) is 12.1. The van der Waals surface area contributed by atoms with Gasteiger partial charge in [-0.1, -0.05) is 11.6 Å². The van der Waals surface area contributed by atoms with Crippen molar-refractivity contribution in [2.45, 2.75) is 38.5 Å². The molecule has 0 atom stereocenters. The molecule has 1 fully saturated rings. The van der Waals surface area contributed by atoms with Crippen LogP contribution in [0.25, 0.3) is 10.9 Å². The fourth-order valence-corrected chi connectivity index (χ4v) is 3.57. The second-order valence-electron chi connectivity index (χ2n) is 6.42. The molecule has 25 heavy (non-hydrogen) atoms. The lowest BCUT2D eigenvalue weighted by atomic mass is 9.93. The molecule has 2 aromatic rings. The van der Waals surface area contributed by atoms with Crippen LogP contribution in [0.15, 0.2) is 24.3 Å². The zero-order chi connectivity index (χ0) is 17.8. The number of nitrogens with one attached hydrogen (secondary N) is 1. The first-order valence-corrected chi connectivity index (χ1v) is 9.16. The monoisotopic (exact) mass is 362 g/mol. The lowest BCUT2D eigenvalue weighted by molar-refractivity contribution is -0.145. The largest absolute Gasteiger partial charge is 0.466 e. The van der Waals surface area contributed by atoms with Crippen molar-refractivity contribution in [1.29, 1.82) is 0 Å². The highest BCUT2D eigenvalue weighted by Crippen LogP contribution is 2.31. The average Bonchev–Trinajstić information content (AvgIpc) is 3.03. The normalized spacial score (nSPS) is 15.5. The van der Waals surface area contributed by atoms with Crippen molar-refractivity contribution in [2.24, 2.45) is 0 Å². The van der Waals surface area contributed by atoms with E-state index < -0.39 is 0 Å². The van der Waals surface area contributed by atoms with E-state index in [0.717, 1.165) is 41.9 Å². The molecule has 1 N–H and O–H groups in total. The molecule has 0 saturated carbocycles. The Labute approximate surface area is 152 Å². The van der Waals surface area contributed by atoms with Crippen molar-refractivity contribution in [1.82, 2.24) is 9.88 Å². The molecule has 3 rings (SSSR count). The van der Waals surface area contributed by atoms with Gasteiger partial charge < -0.3 is 14.6 Å². The number of amides is 1. The van der Waals surface area contributed by atoms with Crippen LogP contribution in [0.3, 0.4) is 0 Å². The molecule has 1 saturated heterocycles. The number of H-pyrrole nitrogens is 1. The summed E-state index contributed by atoms with van der Waals surface area (Å²) < 4.78 is 4.87. The van der Waals surface area contributed by atoms with E-state index in [2.05, 4.69) is 11.1 Å². The first-order valence-electron chi connectivity index (χ1n) is 8.78. The minimum absolute atomic E-state index is 0.0370. The molecule has 0 bridgehead atoms. The van der Waals surface area contributed by atoms with Crippen LogP contribution in [-0.4, -0.2) is 41.5 Å². The number of hydrogen-bond acceptors (Lipinski definition) is 3. The zero-order valence-corrected chi connectivity index (χ0v) is 15.1. The molecule has 2 heterocycles. The summed E-state index contributed by atoms with van der Waals surface area (Å²) in [4.78, 5) is 28.9. The highest BCUT2D eigenvalue weighted by molar-refractivity contribution is 6.31. The quantitative estimate of drug-likeness (QED) is 0.821. The predicted octanol–water partition coefficient (Wildman–Crippen LogP) is 3.87. The van der Waals surface area contributed by atoms with Crippen LogP contribution >= 0.6 is 11.6 Å². The number of hydrogen-bond donors (Lipinski definition) is 1. The minimum Gasteiger partial charge on any atom is -0.466 e. The number of esters is 1. The Morgan fingerprint density at radius 1 is 1.24 bits per heavy atom. The van der Waals surface area contributed by atoms with Crippen molar-refractivity contribution in [2.75, 3.05) is 19.7 Å². The summed E-state index contributed by atoms with van der Waals surface area (Å²) in [6.07, 6.45) is 2.24. The summed E-state index contributed by atoms with van der Waals surface area (Å²) in [7, 11) is 0. The van der Waals surface area contributed by atoms with Gasteiger partial charge in [-0.25, -0.2) is 0 Å². The molecule has 1 amide bonds. The Kier molecular flexibility index (Phi) is 5.63. The van der Waals surface area contributed by atoms with Gasteiger partial charge in [0.05, 0.1) is 13.0 Å². The third-order valence-corrected chi connectivity index (χ3v) is 4.97. The average molecular weight is 363 g/mol. The molecule has 1 aliphatic rings. The summed E-state index contributed by atoms with van der Waals surface area (Å²) in [5, 5.41) is 1.86. The van der Waals surface area contributed by atoms with Gasteiger partial charge in [-0.05, 0) is 44.0 Å². The highest BCUT2D eigenvalue weighted by Gasteiger charge is 2.25. The van der Waals surface area contributed by atoms with E-state index in [1.165, 1.54) is 5.69 Å². The molecule has 1 aromatic heterocycles. The van der Waals surface area contributed by atoms with Crippen LogP contribution in [0.4, 0.5) is 0 Å². The maximum atomic E-state index is 12.2. The molecular weight excluding hydrogens is 340 g/mol. The number of aromatic amines is 1. The maximum Gasteiger partial charge on any atom is 0.306 e. The number of carbonyl (C=O) groups is 2. The Hall–Kier alpha value is -2.01. The number of rotatable bonds is 5. The van der Waals surface area contributed by atoms with Gasteiger partial charge in [0.15, 0.2) is 0 Å². The summed E-state index contributed by atoms with van der Waals surface area (Å²) in [6, 6.07) is 8.00. The standard InChI is InChI=1S/C19H23ClN2O3/c1-2-25-19(24)6-5-18(23)22-9-7-13(8-10-22)17-12-14-11-15(20)3-4-16(14)21-17/h3-4,11-13,21H,2,5-10H2,1H3. The number of piperidine rings is 1. The Bertz CT molecular complexity index is 763. The van der Waals surface area contributed by atoms with E-state index >= 15 is 0 Å². The fourth-order valence-electron chi connectivity index (χ4n) is 3.39. The number of nitrogens with zero attached hydrogens (tertiary/aromatic N) is 1. The molecule has 1 aliphatic heterocycles. The molecule has 0 radical (unpaired) electrons. The van der Waals surface area contributed by atoms with Gasteiger partial charge >= 0.3 is 5.97 Å². The van der Waals surface area contributed by atoms with E-state index in [1.54, 1.807) is 6.92 Å². The highest BCUT2D eigenvalue weighted by atomic mass is 35.5. The Morgan fingerprint density at radius 3 is 2.72 bits per heavy atom. The van der Waals surface area contributed by atoms with E-state index in [-0.39, 0.29) is 24.7 Å². The van der Waals surface area contributed by atoms with Crippen LogP contribution in [-0.2, 0) is 14.3 Å². The van der Waals surface area contributed by atoms with Gasteiger partial charge in [0.2, 0.25) is 5.91 Å². The predicted molar refractivity (Wildman–Crippen MR) is 97.7 cm³/mol. The number of fused-ring (bicyclic) bond motifs is 1. The van der Waals surface area contributed by atoms with Crippen molar-refractivity contribution in [3.63, 3.8) is 0 Å². The van der Waals surface area contributed by atoms with Gasteiger partial charge in [0.25, 0.3) is 0 Å². The second-order valence-corrected chi connectivity index (χ2v) is 6.85.